The maximum Gasteiger partial charge on any atom is 0.252 e. The van der Waals surface area contributed by atoms with E-state index in [1.165, 1.54) is 16.3 Å². The van der Waals surface area contributed by atoms with Gasteiger partial charge in [-0.2, -0.15) is 11.8 Å². The molecule has 0 aliphatic heterocycles. The third-order valence-electron chi connectivity index (χ3n) is 4.17. The van der Waals surface area contributed by atoms with Crippen LogP contribution in [0.5, 0.6) is 5.75 Å². The van der Waals surface area contributed by atoms with Crippen LogP contribution in [0.25, 0.3) is 10.8 Å². The lowest BCUT2D eigenvalue weighted by Gasteiger charge is -2.12. The van der Waals surface area contributed by atoms with E-state index < -0.39 is 0 Å². The molecule has 0 saturated carbocycles. The summed E-state index contributed by atoms with van der Waals surface area (Å²) in [7, 11) is 1.69. The predicted octanol–water partition coefficient (Wildman–Crippen LogP) is 5.93. The van der Waals surface area contributed by atoms with Gasteiger partial charge in [0.05, 0.1) is 17.7 Å². The fourth-order valence-corrected chi connectivity index (χ4v) is 4.33. The van der Waals surface area contributed by atoms with E-state index in [1.807, 2.05) is 18.2 Å². The molecule has 3 rings (SSSR count). The number of ether oxygens (including phenoxy) is 1. The lowest BCUT2D eigenvalue weighted by Crippen LogP contribution is -2.26. The molecule has 1 amide bonds. The van der Waals surface area contributed by atoms with Crippen molar-refractivity contribution in [3.05, 3.63) is 75.2 Å². The molecule has 0 aliphatic rings. The van der Waals surface area contributed by atoms with Crippen molar-refractivity contribution in [3.63, 3.8) is 0 Å². The zero-order valence-corrected chi connectivity index (χ0v) is 18.0. The van der Waals surface area contributed by atoms with Crippen molar-refractivity contribution >= 4 is 56.0 Å². The summed E-state index contributed by atoms with van der Waals surface area (Å²) in [6.07, 6.45) is 0. The van der Waals surface area contributed by atoms with Crippen molar-refractivity contribution in [3.8, 4) is 5.75 Å². The Kier molecular flexibility index (Phi) is 7.05. The molecule has 0 radical (unpaired) electrons. The van der Waals surface area contributed by atoms with Crippen LogP contribution < -0.4 is 10.1 Å². The third kappa shape index (κ3) is 4.98. The number of thioether (sulfide) groups is 1. The first-order valence-electron chi connectivity index (χ1n) is 8.45. The zero-order chi connectivity index (χ0) is 19.2. The molecule has 3 aromatic carbocycles. The van der Waals surface area contributed by atoms with Crippen molar-refractivity contribution in [2.75, 3.05) is 19.4 Å². The summed E-state index contributed by atoms with van der Waals surface area (Å²) >= 11 is 11.3. The Morgan fingerprint density at radius 1 is 1.19 bits per heavy atom. The van der Waals surface area contributed by atoms with Crippen LogP contribution in [0.3, 0.4) is 0 Å². The van der Waals surface area contributed by atoms with Crippen LogP contribution in [0, 0.1) is 0 Å². The van der Waals surface area contributed by atoms with E-state index in [2.05, 4.69) is 39.4 Å². The van der Waals surface area contributed by atoms with Crippen LogP contribution in [0.15, 0.2) is 59.1 Å². The minimum absolute atomic E-state index is 0.145. The molecule has 0 fully saturated rings. The van der Waals surface area contributed by atoms with Gasteiger partial charge in [0.1, 0.15) is 5.75 Å². The highest BCUT2D eigenvalue weighted by molar-refractivity contribution is 9.10. The summed E-state index contributed by atoms with van der Waals surface area (Å²) in [5, 5.41) is 5.74. The zero-order valence-electron chi connectivity index (χ0n) is 14.8. The Hall–Kier alpha value is -1.69. The number of amides is 1. The molecule has 0 atom stereocenters. The number of fused-ring (bicyclic) bond motifs is 1. The number of hydrogen-bond acceptors (Lipinski definition) is 3. The third-order valence-corrected chi connectivity index (χ3v) is 5.98. The van der Waals surface area contributed by atoms with Crippen LogP contribution in [0.1, 0.15) is 15.9 Å². The second-order valence-corrected chi connectivity index (χ2v) is 8.33. The minimum Gasteiger partial charge on any atom is -0.496 e. The van der Waals surface area contributed by atoms with E-state index >= 15 is 0 Å². The smallest absolute Gasteiger partial charge is 0.252 e. The normalized spacial score (nSPS) is 10.8. The monoisotopic (exact) mass is 463 g/mol. The number of benzene rings is 3. The summed E-state index contributed by atoms with van der Waals surface area (Å²) in [6, 6.07) is 17.4. The van der Waals surface area contributed by atoms with Crippen molar-refractivity contribution in [2.45, 2.75) is 5.75 Å². The van der Waals surface area contributed by atoms with Crippen LogP contribution >= 0.6 is 39.3 Å². The van der Waals surface area contributed by atoms with Gasteiger partial charge in [-0.15, -0.1) is 0 Å². The number of nitrogens with one attached hydrogen (secondary N) is 1. The fourth-order valence-electron chi connectivity index (χ4n) is 2.84. The summed E-state index contributed by atoms with van der Waals surface area (Å²) in [6.45, 7) is 0.577. The molecular weight excluding hydrogens is 446 g/mol. The highest BCUT2D eigenvalue weighted by atomic mass is 79.9. The van der Waals surface area contributed by atoms with Gasteiger partial charge in [0.15, 0.2) is 0 Å². The van der Waals surface area contributed by atoms with Crippen LogP contribution in [-0.4, -0.2) is 25.3 Å². The molecule has 3 aromatic rings. The molecule has 3 nitrogen and oxygen atoms in total. The van der Waals surface area contributed by atoms with Crippen LogP contribution in [-0.2, 0) is 5.75 Å². The van der Waals surface area contributed by atoms with Gasteiger partial charge >= 0.3 is 0 Å². The largest absolute Gasteiger partial charge is 0.496 e. The molecule has 1 N–H and O–H groups in total. The molecule has 0 aromatic heterocycles. The van der Waals surface area contributed by atoms with Gasteiger partial charge in [0, 0.05) is 28.1 Å². The standard InChI is InChI=1S/C21H19BrClNO2S/c1-26-20-9-6-14-12-15(22)7-8-16(14)18(20)13-27-11-10-24-21(25)17-4-2-3-5-19(17)23/h2-9,12H,10-11,13H2,1H3,(H,24,25). The average molecular weight is 465 g/mol. The molecule has 0 heterocycles. The van der Waals surface area contributed by atoms with Gasteiger partial charge in [0.2, 0.25) is 0 Å². The molecule has 0 spiro atoms. The Labute approximate surface area is 176 Å². The summed E-state index contributed by atoms with van der Waals surface area (Å²) in [5.41, 5.74) is 1.68. The molecule has 0 unspecified atom stereocenters. The topological polar surface area (TPSA) is 38.3 Å². The van der Waals surface area contributed by atoms with Gasteiger partial charge in [-0.3, -0.25) is 4.79 Å². The summed E-state index contributed by atoms with van der Waals surface area (Å²) in [5.74, 6) is 2.35. The first-order chi connectivity index (χ1) is 13.1. The van der Waals surface area contributed by atoms with Gasteiger partial charge in [-0.05, 0) is 41.1 Å². The summed E-state index contributed by atoms with van der Waals surface area (Å²) in [4.78, 5) is 12.2. The highest BCUT2D eigenvalue weighted by Gasteiger charge is 2.10. The van der Waals surface area contributed by atoms with Crippen LogP contribution in [0.2, 0.25) is 5.02 Å². The maximum atomic E-state index is 12.2. The molecule has 6 heteroatoms. The molecule has 0 bridgehead atoms. The average Bonchev–Trinajstić information content (AvgIpc) is 2.67. The number of carbonyl (C=O) groups is 1. The Morgan fingerprint density at radius 2 is 2.00 bits per heavy atom. The molecular formula is C21H19BrClNO2S. The Morgan fingerprint density at radius 3 is 2.78 bits per heavy atom. The van der Waals surface area contributed by atoms with E-state index in [9.17, 15) is 4.79 Å². The van der Waals surface area contributed by atoms with Gasteiger partial charge in [0.25, 0.3) is 5.91 Å². The molecule has 27 heavy (non-hydrogen) atoms. The molecule has 0 saturated heterocycles. The lowest BCUT2D eigenvalue weighted by atomic mass is 10.0. The molecule has 140 valence electrons. The highest BCUT2D eigenvalue weighted by Crippen LogP contribution is 2.32. The van der Waals surface area contributed by atoms with Gasteiger partial charge < -0.3 is 10.1 Å². The van der Waals surface area contributed by atoms with E-state index in [4.69, 9.17) is 16.3 Å². The van der Waals surface area contributed by atoms with E-state index in [-0.39, 0.29) is 5.91 Å². The summed E-state index contributed by atoms with van der Waals surface area (Å²) < 4.78 is 6.60. The maximum absolute atomic E-state index is 12.2. The first-order valence-corrected chi connectivity index (χ1v) is 10.8. The number of halogens is 2. The second kappa shape index (κ2) is 9.49. The first kappa shape index (κ1) is 20.1. The molecule has 0 aliphatic carbocycles. The minimum atomic E-state index is -0.145. The number of methoxy groups -OCH3 is 1. The Bertz CT molecular complexity index is 964. The van der Waals surface area contributed by atoms with Gasteiger partial charge in [-0.1, -0.05) is 51.8 Å². The second-order valence-electron chi connectivity index (χ2n) is 5.90. The quantitative estimate of drug-likeness (QED) is 0.441. The predicted molar refractivity (Wildman–Crippen MR) is 118 cm³/mol. The van der Waals surface area contributed by atoms with Crippen molar-refractivity contribution < 1.29 is 9.53 Å². The fraction of sp³-hybridized carbons (Fsp3) is 0.190. The van der Waals surface area contributed by atoms with E-state index in [0.29, 0.717) is 17.1 Å². The van der Waals surface area contributed by atoms with E-state index in [0.717, 1.165) is 21.7 Å². The number of hydrogen-bond donors (Lipinski definition) is 1. The van der Waals surface area contributed by atoms with Gasteiger partial charge in [-0.25, -0.2) is 0 Å². The van der Waals surface area contributed by atoms with Crippen molar-refractivity contribution in [1.29, 1.82) is 0 Å². The van der Waals surface area contributed by atoms with Crippen LogP contribution in [0.4, 0.5) is 0 Å². The SMILES string of the molecule is COc1ccc2cc(Br)ccc2c1CSCCNC(=O)c1ccccc1Cl. The van der Waals surface area contributed by atoms with Crippen molar-refractivity contribution in [1.82, 2.24) is 5.32 Å². The number of rotatable bonds is 7. The Balaban J connectivity index is 1.59. The number of carbonyl (C=O) groups excluding carboxylic acids is 1. The van der Waals surface area contributed by atoms with Crippen molar-refractivity contribution in [2.24, 2.45) is 0 Å². The lowest BCUT2D eigenvalue weighted by molar-refractivity contribution is 0.0956. The van der Waals surface area contributed by atoms with E-state index in [1.54, 1.807) is 37.1 Å².